The van der Waals surface area contributed by atoms with Crippen LogP contribution in [0.3, 0.4) is 0 Å². The molecule has 39 heavy (non-hydrogen) atoms. The number of anilines is 1. The highest BCUT2D eigenvalue weighted by Crippen LogP contribution is 2.32. The van der Waals surface area contributed by atoms with Crippen LogP contribution in [0.4, 0.5) is 5.69 Å². The third kappa shape index (κ3) is 5.35. The summed E-state index contributed by atoms with van der Waals surface area (Å²) < 4.78 is 2.09. The molecule has 200 valence electrons. The van der Waals surface area contributed by atoms with Gasteiger partial charge in [-0.25, -0.2) is 9.97 Å². The molecule has 0 aliphatic carbocycles. The molecule has 8 nitrogen and oxygen atoms in total. The van der Waals surface area contributed by atoms with Crippen molar-refractivity contribution in [1.82, 2.24) is 34.1 Å². The first kappa shape index (κ1) is 25.4. The zero-order valence-corrected chi connectivity index (χ0v) is 23.0. The Bertz CT molecular complexity index is 1580. The molecule has 0 saturated carbocycles. The second-order valence-electron chi connectivity index (χ2n) is 10.4. The molecule has 1 atom stereocenters. The summed E-state index contributed by atoms with van der Waals surface area (Å²) in [6, 6.07) is 18.9. The van der Waals surface area contributed by atoms with Crippen LogP contribution >= 0.6 is 0 Å². The average Bonchev–Trinajstić information content (AvgIpc) is 3.36. The summed E-state index contributed by atoms with van der Waals surface area (Å²) in [5.41, 5.74) is 7.98. The van der Waals surface area contributed by atoms with E-state index in [1.54, 1.807) is 0 Å². The monoisotopic (exact) mass is 520 g/mol. The molecule has 0 amide bonds. The Balaban J connectivity index is 1.23. The topological polar surface area (TPSA) is 74.5 Å². The summed E-state index contributed by atoms with van der Waals surface area (Å²) in [6.07, 6.45) is 5.15. The first-order valence-corrected chi connectivity index (χ1v) is 14.0. The lowest BCUT2D eigenvalue weighted by atomic mass is 10.1. The highest BCUT2D eigenvalue weighted by molar-refractivity contribution is 5.84. The van der Waals surface area contributed by atoms with E-state index in [-0.39, 0.29) is 0 Å². The standard InChI is InChI=1S/C31H36N8/c1-4-23(3)38-18-16-37(17-19-38)15-13-32-24-20-28-25(33-21-24)11-12-27(35-28)31-30(26-9-7-8-22(2)34-26)36-29-10-5-6-14-39(29)31/h5-12,14,20-21,23,32H,4,13,15-19H2,1-3H3. The van der Waals surface area contributed by atoms with Gasteiger partial charge in [0.1, 0.15) is 17.0 Å². The van der Waals surface area contributed by atoms with Gasteiger partial charge in [-0.15, -0.1) is 0 Å². The third-order valence-electron chi connectivity index (χ3n) is 7.82. The third-order valence-corrected chi connectivity index (χ3v) is 7.82. The normalized spacial score (nSPS) is 15.7. The van der Waals surface area contributed by atoms with Gasteiger partial charge in [0.15, 0.2) is 0 Å². The van der Waals surface area contributed by atoms with Crippen LogP contribution in [0.15, 0.2) is 67.0 Å². The van der Waals surface area contributed by atoms with E-state index in [0.29, 0.717) is 6.04 Å². The number of aryl methyl sites for hydroxylation is 1. The Labute approximate surface area is 229 Å². The number of imidazole rings is 1. The summed E-state index contributed by atoms with van der Waals surface area (Å²) in [5.74, 6) is 0. The molecule has 5 aromatic heterocycles. The van der Waals surface area contributed by atoms with Gasteiger partial charge in [0, 0.05) is 57.2 Å². The molecule has 6 rings (SSSR count). The van der Waals surface area contributed by atoms with E-state index in [9.17, 15) is 0 Å². The Kier molecular flexibility index (Phi) is 7.22. The van der Waals surface area contributed by atoms with E-state index in [1.807, 2.05) is 67.8 Å². The number of aromatic nitrogens is 5. The predicted octanol–water partition coefficient (Wildman–Crippen LogP) is 5.14. The largest absolute Gasteiger partial charge is 0.382 e. The first-order valence-electron chi connectivity index (χ1n) is 14.0. The van der Waals surface area contributed by atoms with Gasteiger partial charge in [-0.05, 0) is 62.7 Å². The molecule has 0 spiro atoms. The van der Waals surface area contributed by atoms with Gasteiger partial charge in [-0.2, -0.15) is 0 Å². The molecule has 1 saturated heterocycles. The van der Waals surface area contributed by atoms with E-state index in [0.717, 1.165) is 90.1 Å². The number of pyridine rings is 4. The van der Waals surface area contributed by atoms with Gasteiger partial charge >= 0.3 is 0 Å². The smallest absolute Gasteiger partial charge is 0.138 e. The van der Waals surface area contributed by atoms with Crippen LogP contribution in [0.2, 0.25) is 0 Å². The fourth-order valence-corrected chi connectivity index (χ4v) is 5.37. The molecule has 1 N–H and O–H groups in total. The van der Waals surface area contributed by atoms with E-state index in [2.05, 4.69) is 44.4 Å². The Morgan fingerprint density at radius 2 is 1.77 bits per heavy atom. The van der Waals surface area contributed by atoms with Crippen LogP contribution in [-0.4, -0.2) is 79.4 Å². The van der Waals surface area contributed by atoms with Gasteiger partial charge in [0.05, 0.1) is 34.3 Å². The fraction of sp³-hybridized carbons (Fsp3) is 0.355. The van der Waals surface area contributed by atoms with Gasteiger partial charge in [-0.3, -0.25) is 24.2 Å². The van der Waals surface area contributed by atoms with Crippen LogP contribution in [0, 0.1) is 6.92 Å². The van der Waals surface area contributed by atoms with Gasteiger partial charge in [0.25, 0.3) is 0 Å². The summed E-state index contributed by atoms with van der Waals surface area (Å²) in [7, 11) is 0. The quantitative estimate of drug-likeness (QED) is 0.304. The molecule has 0 radical (unpaired) electrons. The minimum atomic E-state index is 0.677. The number of fused-ring (bicyclic) bond motifs is 2. The van der Waals surface area contributed by atoms with Crippen LogP contribution in [0.1, 0.15) is 26.0 Å². The van der Waals surface area contributed by atoms with E-state index >= 15 is 0 Å². The number of hydrogen-bond acceptors (Lipinski definition) is 7. The van der Waals surface area contributed by atoms with Gasteiger partial charge in [0.2, 0.25) is 0 Å². The van der Waals surface area contributed by atoms with Crippen LogP contribution in [0.25, 0.3) is 39.5 Å². The molecule has 1 aliphatic heterocycles. The van der Waals surface area contributed by atoms with Crippen molar-refractivity contribution < 1.29 is 0 Å². The van der Waals surface area contributed by atoms with Crippen molar-refractivity contribution in [2.45, 2.75) is 33.2 Å². The highest BCUT2D eigenvalue weighted by atomic mass is 15.3. The van der Waals surface area contributed by atoms with Crippen molar-refractivity contribution in [3.63, 3.8) is 0 Å². The molecule has 5 aromatic rings. The highest BCUT2D eigenvalue weighted by Gasteiger charge is 2.20. The van der Waals surface area contributed by atoms with E-state index < -0.39 is 0 Å². The predicted molar refractivity (Wildman–Crippen MR) is 158 cm³/mol. The summed E-state index contributed by atoms with van der Waals surface area (Å²) in [5, 5.41) is 3.57. The molecule has 1 unspecified atom stereocenters. The number of hydrogen-bond donors (Lipinski definition) is 1. The second kappa shape index (κ2) is 11.1. The van der Waals surface area contributed by atoms with Crippen LogP contribution in [0.5, 0.6) is 0 Å². The van der Waals surface area contributed by atoms with E-state index in [1.165, 1.54) is 6.42 Å². The number of rotatable bonds is 8. The number of nitrogens with one attached hydrogen (secondary N) is 1. The fourth-order valence-electron chi connectivity index (χ4n) is 5.37. The first-order chi connectivity index (χ1) is 19.1. The zero-order chi connectivity index (χ0) is 26.8. The molecular formula is C31H36N8. The molecule has 6 heterocycles. The Morgan fingerprint density at radius 3 is 2.59 bits per heavy atom. The van der Waals surface area contributed by atoms with Crippen molar-refractivity contribution >= 4 is 22.4 Å². The van der Waals surface area contributed by atoms with Crippen molar-refractivity contribution in [2.24, 2.45) is 0 Å². The maximum Gasteiger partial charge on any atom is 0.138 e. The number of piperazine rings is 1. The van der Waals surface area contributed by atoms with Crippen molar-refractivity contribution in [3.05, 3.63) is 72.7 Å². The maximum absolute atomic E-state index is 5.06. The second-order valence-corrected chi connectivity index (χ2v) is 10.4. The van der Waals surface area contributed by atoms with Crippen LogP contribution in [-0.2, 0) is 0 Å². The molecule has 0 aromatic carbocycles. The minimum Gasteiger partial charge on any atom is -0.382 e. The minimum absolute atomic E-state index is 0.677. The number of nitrogens with zero attached hydrogens (tertiary/aromatic N) is 7. The SMILES string of the molecule is CCC(C)N1CCN(CCNc2cnc3ccc(-c4c(-c5cccc(C)n5)nc5ccccn45)nc3c2)CC1. The maximum atomic E-state index is 5.06. The Hall–Kier alpha value is -3.88. The molecule has 1 aliphatic rings. The molecule has 0 bridgehead atoms. The lowest BCUT2D eigenvalue weighted by molar-refractivity contribution is 0.103. The van der Waals surface area contributed by atoms with Crippen LogP contribution < -0.4 is 5.32 Å². The Morgan fingerprint density at radius 1 is 0.897 bits per heavy atom. The molecular weight excluding hydrogens is 484 g/mol. The summed E-state index contributed by atoms with van der Waals surface area (Å²) in [6.45, 7) is 13.1. The molecule has 8 heteroatoms. The summed E-state index contributed by atoms with van der Waals surface area (Å²) >= 11 is 0. The van der Waals surface area contributed by atoms with Crippen molar-refractivity contribution in [2.75, 3.05) is 44.6 Å². The van der Waals surface area contributed by atoms with Crippen molar-refractivity contribution in [1.29, 1.82) is 0 Å². The van der Waals surface area contributed by atoms with Gasteiger partial charge in [-0.1, -0.05) is 19.1 Å². The van der Waals surface area contributed by atoms with E-state index in [4.69, 9.17) is 15.0 Å². The average molecular weight is 521 g/mol. The van der Waals surface area contributed by atoms with Gasteiger partial charge < -0.3 is 5.32 Å². The summed E-state index contributed by atoms with van der Waals surface area (Å²) in [4.78, 5) is 24.6. The lowest BCUT2D eigenvalue weighted by Crippen LogP contribution is -2.50. The van der Waals surface area contributed by atoms with Crippen molar-refractivity contribution in [3.8, 4) is 22.8 Å². The zero-order valence-electron chi connectivity index (χ0n) is 23.0. The lowest BCUT2D eigenvalue weighted by Gasteiger charge is -2.37. The molecule has 1 fully saturated rings.